The second-order valence-electron chi connectivity index (χ2n) is 3.61. The van der Waals surface area contributed by atoms with Crippen molar-refractivity contribution in [3.8, 4) is 0 Å². The molecule has 1 aliphatic rings. The Labute approximate surface area is 126 Å². The number of aromatic amines is 1. The molecule has 2 heterocycles. The molecule has 0 bridgehead atoms. The Morgan fingerprint density at radius 2 is 2.17 bits per heavy atom. The third-order valence-corrected chi connectivity index (χ3v) is 2.40. The number of hydrogen-bond acceptors (Lipinski definition) is 4. The maximum atomic E-state index is 11.5. The van der Waals surface area contributed by atoms with Crippen LogP contribution in [0.2, 0.25) is 0 Å². The molecule has 0 unspecified atom stereocenters. The number of nitrogens with one attached hydrogen (secondary N) is 1. The SMILES string of the molecule is Cc1cn([C@H]2C=C[C@@H](CO)O2)c(=O)[nH]c1=O.O.[H-].[Na+]. The molecule has 0 amide bonds. The molecule has 0 saturated heterocycles. The van der Waals surface area contributed by atoms with Crippen LogP contribution in [0, 0.1) is 6.92 Å². The predicted octanol–water partition coefficient (Wildman–Crippen LogP) is -4.42. The van der Waals surface area contributed by atoms with Crippen molar-refractivity contribution in [2.75, 3.05) is 6.61 Å². The van der Waals surface area contributed by atoms with Gasteiger partial charge in [0.15, 0.2) is 6.23 Å². The second-order valence-corrected chi connectivity index (χ2v) is 3.61. The predicted molar refractivity (Wildman–Crippen MR) is 60.9 cm³/mol. The number of aryl methyl sites for hydroxylation is 1. The summed E-state index contributed by atoms with van der Waals surface area (Å²) in [6.07, 6.45) is 3.82. The minimum Gasteiger partial charge on any atom is -1.00 e. The number of nitrogens with zero attached hydrogens (tertiary/aromatic N) is 1. The van der Waals surface area contributed by atoms with Crippen LogP contribution in [-0.2, 0) is 4.74 Å². The van der Waals surface area contributed by atoms with Gasteiger partial charge in [0.2, 0.25) is 0 Å². The first kappa shape index (κ1) is 17.3. The van der Waals surface area contributed by atoms with Gasteiger partial charge in [0, 0.05) is 11.8 Å². The van der Waals surface area contributed by atoms with E-state index in [1.807, 2.05) is 0 Å². The zero-order valence-corrected chi connectivity index (χ0v) is 12.2. The van der Waals surface area contributed by atoms with E-state index in [-0.39, 0.29) is 43.1 Å². The molecule has 1 aromatic heterocycles. The van der Waals surface area contributed by atoms with Gasteiger partial charge in [0.05, 0.1) is 6.61 Å². The fourth-order valence-corrected chi connectivity index (χ4v) is 1.53. The van der Waals surface area contributed by atoms with E-state index in [1.165, 1.54) is 10.8 Å². The molecule has 4 N–H and O–H groups in total. The molecular formula is C10H15N2NaO5. The summed E-state index contributed by atoms with van der Waals surface area (Å²) in [5.74, 6) is 0. The van der Waals surface area contributed by atoms with Crippen LogP contribution in [-0.4, -0.2) is 32.8 Å². The van der Waals surface area contributed by atoms with E-state index < -0.39 is 23.6 Å². The van der Waals surface area contributed by atoms with Crippen molar-refractivity contribution in [3.63, 3.8) is 0 Å². The number of H-pyrrole nitrogens is 1. The molecule has 0 aliphatic carbocycles. The molecule has 0 fully saturated rings. The largest absolute Gasteiger partial charge is 1.00 e. The first-order valence-electron chi connectivity index (χ1n) is 4.88. The molecule has 0 radical (unpaired) electrons. The molecule has 2 rings (SSSR count). The molecule has 7 nitrogen and oxygen atoms in total. The normalized spacial score (nSPS) is 21.2. The second kappa shape index (κ2) is 7.03. The minimum atomic E-state index is -0.569. The first-order chi connectivity index (χ1) is 7.61. The van der Waals surface area contributed by atoms with E-state index in [4.69, 9.17) is 9.84 Å². The van der Waals surface area contributed by atoms with Crippen LogP contribution in [0.3, 0.4) is 0 Å². The fraction of sp³-hybridized carbons (Fsp3) is 0.400. The van der Waals surface area contributed by atoms with E-state index in [0.717, 1.165) is 0 Å². The van der Waals surface area contributed by atoms with Crippen LogP contribution in [0.1, 0.15) is 13.2 Å². The van der Waals surface area contributed by atoms with Gasteiger partial charge in [-0.1, -0.05) is 6.08 Å². The van der Waals surface area contributed by atoms with E-state index in [9.17, 15) is 9.59 Å². The maximum Gasteiger partial charge on any atom is 1.00 e. The third kappa shape index (κ3) is 3.41. The Morgan fingerprint density at radius 1 is 1.50 bits per heavy atom. The molecule has 0 aromatic carbocycles. The van der Waals surface area contributed by atoms with Gasteiger partial charge in [-0.3, -0.25) is 14.3 Å². The molecule has 18 heavy (non-hydrogen) atoms. The molecule has 1 aliphatic heterocycles. The number of hydrogen-bond donors (Lipinski definition) is 2. The smallest absolute Gasteiger partial charge is 1.00 e. The molecular weight excluding hydrogens is 251 g/mol. The van der Waals surface area contributed by atoms with Gasteiger partial charge in [-0.25, -0.2) is 4.79 Å². The van der Waals surface area contributed by atoms with Crippen molar-refractivity contribution in [1.82, 2.24) is 9.55 Å². The standard InChI is InChI=1S/C10H12N2O4.Na.H2O.H/c1-6-4-12(10(15)11-9(6)14)8-3-2-7(5-13)16-8;;;/h2-4,7-8,13H,5H2,1H3,(H,11,14,15);;1H2;/q;+1;;-1/t7-,8+;;;/m0.../s1. The summed E-state index contributed by atoms with van der Waals surface area (Å²) in [6.45, 7) is 1.47. The van der Waals surface area contributed by atoms with Crippen molar-refractivity contribution in [1.29, 1.82) is 0 Å². The molecule has 0 saturated carbocycles. The number of aliphatic hydroxyl groups is 1. The topological polar surface area (TPSA) is 116 Å². The van der Waals surface area contributed by atoms with Gasteiger partial charge >= 0.3 is 35.2 Å². The first-order valence-corrected chi connectivity index (χ1v) is 4.88. The summed E-state index contributed by atoms with van der Waals surface area (Å²) in [6, 6.07) is 0. The molecule has 2 atom stereocenters. The maximum absolute atomic E-state index is 11.5. The van der Waals surface area contributed by atoms with Gasteiger partial charge in [-0.2, -0.15) is 0 Å². The Bertz CT molecular complexity index is 541. The zero-order chi connectivity index (χ0) is 11.7. The van der Waals surface area contributed by atoms with E-state index in [2.05, 4.69) is 4.98 Å². The van der Waals surface area contributed by atoms with E-state index >= 15 is 0 Å². The van der Waals surface area contributed by atoms with E-state index in [1.54, 1.807) is 19.1 Å². The monoisotopic (exact) mass is 266 g/mol. The summed E-state index contributed by atoms with van der Waals surface area (Å²) in [5, 5.41) is 8.88. The van der Waals surface area contributed by atoms with Gasteiger partial charge in [-0.15, -0.1) is 0 Å². The zero-order valence-electron chi connectivity index (χ0n) is 11.2. The van der Waals surface area contributed by atoms with Crippen LogP contribution in [0.15, 0.2) is 27.9 Å². The summed E-state index contributed by atoms with van der Waals surface area (Å²) < 4.78 is 6.63. The van der Waals surface area contributed by atoms with Gasteiger partial charge in [-0.05, 0) is 13.0 Å². The summed E-state index contributed by atoms with van der Waals surface area (Å²) in [5.41, 5.74) is -0.491. The Kier molecular flexibility index (Phi) is 6.76. The van der Waals surface area contributed by atoms with E-state index in [0.29, 0.717) is 5.56 Å². The molecule has 8 heteroatoms. The Hall–Kier alpha value is -0.700. The van der Waals surface area contributed by atoms with Gasteiger partial charge < -0.3 is 16.7 Å². The Balaban J connectivity index is 0. The number of aliphatic hydroxyl groups excluding tert-OH is 1. The average molecular weight is 266 g/mol. The van der Waals surface area contributed by atoms with Gasteiger partial charge in [0.25, 0.3) is 5.56 Å². The van der Waals surface area contributed by atoms with Crippen molar-refractivity contribution in [2.45, 2.75) is 19.3 Å². The quantitative estimate of drug-likeness (QED) is 0.415. The van der Waals surface area contributed by atoms with Crippen LogP contribution < -0.4 is 40.8 Å². The van der Waals surface area contributed by atoms with Crippen LogP contribution in [0.25, 0.3) is 0 Å². The average Bonchev–Trinajstić information content (AvgIpc) is 2.71. The number of rotatable bonds is 2. The number of aromatic nitrogens is 2. The van der Waals surface area contributed by atoms with Crippen molar-refractivity contribution in [2.24, 2.45) is 0 Å². The fourth-order valence-electron chi connectivity index (χ4n) is 1.53. The third-order valence-electron chi connectivity index (χ3n) is 2.40. The minimum absolute atomic E-state index is 0. The van der Waals surface area contributed by atoms with Crippen LogP contribution in [0.5, 0.6) is 0 Å². The van der Waals surface area contributed by atoms with Crippen molar-refractivity contribution >= 4 is 0 Å². The summed E-state index contributed by atoms with van der Waals surface area (Å²) in [7, 11) is 0. The van der Waals surface area contributed by atoms with Crippen LogP contribution >= 0.6 is 0 Å². The van der Waals surface area contributed by atoms with Crippen LogP contribution in [0.4, 0.5) is 0 Å². The summed E-state index contributed by atoms with van der Waals surface area (Å²) in [4.78, 5) is 24.9. The van der Waals surface area contributed by atoms with Crippen molar-refractivity contribution < 1.29 is 46.3 Å². The number of ether oxygens (including phenoxy) is 1. The molecule has 1 aromatic rings. The molecule has 96 valence electrons. The van der Waals surface area contributed by atoms with Crippen molar-refractivity contribution in [3.05, 3.63) is 44.8 Å². The molecule has 0 spiro atoms. The summed E-state index contributed by atoms with van der Waals surface area (Å²) >= 11 is 0. The Morgan fingerprint density at radius 3 is 2.72 bits per heavy atom. The van der Waals surface area contributed by atoms with Gasteiger partial charge in [0.1, 0.15) is 6.10 Å².